The van der Waals surface area contributed by atoms with E-state index in [9.17, 15) is 9.18 Å². The minimum Gasteiger partial charge on any atom is -0.480 e. The van der Waals surface area contributed by atoms with E-state index in [0.717, 1.165) is 0 Å². The number of carbonyl (C=O) groups is 1. The smallest absolute Gasteiger partial charge is 0.327 e. The molecule has 0 aromatic heterocycles. The zero-order chi connectivity index (χ0) is 13.1. The number of nitrogens with one attached hydrogen (secondary N) is 1. The van der Waals surface area contributed by atoms with Crippen LogP contribution in [0.5, 0.6) is 0 Å². The van der Waals surface area contributed by atoms with Gasteiger partial charge < -0.3 is 15.3 Å². The van der Waals surface area contributed by atoms with Gasteiger partial charge in [-0.3, -0.25) is 0 Å². The summed E-state index contributed by atoms with van der Waals surface area (Å²) in [5, 5.41) is 21.1. The number of anilines is 1. The summed E-state index contributed by atoms with van der Waals surface area (Å²) in [4.78, 5) is 12.7. The third-order valence-corrected chi connectivity index (χ3v) is 2.94. The molecule has 1 aromatic rings. The number of benzene rings is 1. The van der Waals surface area contributed by atoms with E-state index >= 15 is 0 Å². The van der Waals surface area contributed by atoms with Crippen LogP contribution in [0.15, 0.2) is 18.2 Å². The molecule has 1 heterocycles. The molecule has 2 N–H and O–H groups in total. The predicted molar refractivity (Wildman–Crippen MR) is 62.8 cm³/mol. The molecular weight excluding hydrogens is 237 g/mol. The molecular formula is C12H12FN3O2. The first-order valence-corrected chi connectivity index (χ1v) is 5.54. The highest BCUT2D eigenvalue weighted by atomic mass is 19.1. The van der Waals surface area contributed by atoms with E-state index in [1.165, 1.54) is 12.1 Å². The number of carboxylic acids is 1. The molecule has 0 amide bonds. The van der Waals surface area contributed by atoms with Gasteiger partial charge in [0.25, 0.3) is 0 Å². The van der Waals surface area contributed by atoms with E-state index in [1.54, 1.807) is 17.0 Å². The fraction of sp³-hybridized carbons (Fsp3) is 0.333. The van der Waals surface area contributed by atoms with Crippen LogP contribution in [-0.2, 0) is 4.79 Å². The first kappa shape index (κ1) is 12.3. The van der Waals surface area contributed by atoms with E-state index < -0.39 is 17.8 Å². The maximum Gasteiger partial charge on any atom is 0.327 e. The van der Waals surface area contributed by atoms with Gasteiger partial charge in [0, 0.05) is 19.6 Å². The van der Waals surface area contributed by atoms with Crippen molar-refractivity contribution in [2.45, 2.75) is 6.04 Å². The Morgan fingerprint density at radius 2 is 2.39 bits per heavy atom. The number of rotatable bonds is 2. The van der Waals surface area contributed by atoms with Crippen LogP contribution in [0, 0.1) is 17.1 Å². The molecule has 0 saturated carbocycles. The quantitative estimate of drug-likeness (QED) is 0.801. The Morgan fingerprint density at radius 1 is 1.61 bits per heavy atom. The summed E-state index contributed by atoms with van der Waals surface area (Å²) < 4.78 is 13.5. The Hall–Kier alpha value is -2.13. The molecule has 1 aromatic carbocycles. The number of piperazine rings is 1. The van der Waals surface area contributed by atoms with E-state index in [1.807, 2.05) is 0 Å². The van der Waals surface area contributed by atoms with Crippen LogP contribution >= 0.6 is 0 Å². The van der Waals surface area contributed by atoms with Crippen LogP contribution in [0.1, 0.15) is 5.56 Å². The summed E-state index contributed by atoms with van der Waals surface area (Å²) in [6.07, 6.45) is 0. The summed E-state index contributed by atoms with van der Waals surface area (Å²) in [5.41, 5.74) is 0.233. The summed E-state index contributed by atoms with van der Waals surface area (Å²) in [6, 6.07) is 5.25. The molecule has 0 radical (unpaired) electrons. The normalized spacial score (nSPS) is 19.3. The molecule has 1 saturated heterocycles. The lowest BCUT2D eigenvalue weighted by Crippen LogP contribution is -2.55. The maximum atomic E-state index is 13.5. The molecule has 0 bridgehead atoms. The molecule has 2 rings (SSSR count). The molecule has 1 atom stereocenters. The van der Waals surface area contributed by atoms with Gasteiger partial charge in [0.15, 0.2) is 0 Å². The Kier molecular flexibility index (Phi) is 3.44. The minimum atomic E-state index is -0.990. The van der Waals surface area contributed by atoms with Crippen molar-refractivity contribution in [3.05, 3.63) is 29.6 Å². The zero-order valence-corrected chi connectivity index (χ0v) is 9.56. The number of aliphatic carboxylic acids is 1. The number of halogens is 1. The van der Waals surface area contributed by atoms with Gasteiger partial charge in [-0.1, -0.05) is 6.07 Å². The predicted octanol–water partition coefficient (Wildman–Crippen LogP) is 0.560. The van der Waals surface area contributed by atoms with Crippen LogP contribution < -0.4 is 10.2 Å². The molecule has 0 spiro atoms. The second-order valence-electron chi connectivity index (χ2n) is 4.00. The molecule has 5 nitrogen and oxygen atoms in total. The Balaban J connectivity index is 2.43. The maximum absolute atomic E-state index is 13.5. The van der Waals surface area contributed by atoms with Crippen LogP contribution in [-0.4, -0.2) is 36.8 Å². The fourth-order valence-corrected chi connectivity index (χ4v) is 2.08. The van der Waals surface area contributed by atoms with Gasteiger partial charge in [-0.2, -0.15) is 5.26 Å². The highest BCUT2D eigenvalue weighted by molar-refractivity contribution is 5.80. The average molecular weight is 249 g/mol. The highest BCUT2D eigenvalue weighted by Gasteiger charge is 2.30. The second kappa shape index (κ2) is 5.02. The van der Waals surface area contributed by atoms with Crippen LogP contribution in [0.2, 0.25) is 0 Å². The Labute approximate surface area is 103 Å². The summed E-state index contributed by atoms with van der Waals surface area (Å²) in [5.74, 6) is -1.62. The molecule has 94 valence electrons. The molecule has 0 aliphatic carbocycles. The SMILES string of the molecule is N#Cc1c(F)cccc1N1CCNCC1C(=O)O. The van der Waals surface area contributed by atoms with Gasteiger partial charge in [0.2, 0.25) is 0 Å². The summed E-state index contributed by atoms with van der Waals surface area (Å²) in [6.45, 7) is 1.30. The van der Waals surface area contributed by atoms with E-state index in [0.29, 0.717) is 18.8 Å². The zero-order valence-electron chi connectivity index (χ0n) is 9.56. The number of carboxylic acid groups (broad SMARTS) is 1. The van der Waals surface area contributed by atoms with Crippen molar-refractivity contribution in [2.24, 2.45) is 0 Å². The number of hydrogen-bond acceptors (Lipinski definition) is 4. The molecule has 6 heteroatoms. The standard InChI is InChI=1S/C12H12FN3O2/c13-9-2-1-3-10(8(9)6-14)16-5-4-15-7-11(16)12(17)18/h1-3,11,15H,4-5,7H2,(H,17,18). The lowest BCUT2D eigenvalue weighted by atomic mass is 10.1. The second-order valence-corrected chi connectivity index (χ2v) is 4.00. The molecule has 18 heavy (non-hydrogen) atoms. The van der Waals surface area contributed by atoms with Gasteiger partial charge >= 0.3 is 5.97 Å². The van der Waals surface area contributed by atoms with Gasteiger partial charge in [-0.15, -0.1) is 0 Å². The Morgan fingerprint density at radius 3 is 3.06 bits per heavy atom. The first-order valence-electron chi connectivity index (χ1n) is 5.54. The fourth-order valence-electron chi connectivity index (χ4n) is 2.08. The first-order chi connectivity index (χ1) is 8.65. The van der Waals surface area contributed by atoms with Crippen molar-refractivity contribution < 1.29 is 14.3 Å². The third kappa shape index (κ3) is 2.13. The van der Waals surface area contributed by atoms with Crippen molar-refractivity contribution in [2.75, 3.05) is 24.5 Å². The van der Waals surface area contributed by atoms with Crippen molar-refractivity contribution in [1.82, 2.24) is 5.32 Å². The van der Waals surface area contributed by atoms with E-state index in [2.05, 4.69) is 5.32 Å². The van der Waals surface area contributed by atoms with E-state index in [4.69, 9.17) is 10.4 Å². The van der Waals surface area contributed by atoms with Crippen LogP contribution in [0.4, 0.5) is 10.1 Å². The van der Waals surface area contributed by atoms with Crippen molar-refractivity contribution in [3.63, 3.8) is 0 Å². The van der Waals surface area contributed by atoms with E-state index in [-0.39, 0.29) is 12.1 Å². The van der Waals surface area contributed by atoms with Crippen LogP contribution in [0.3, 0.4) is 0 Å². The van der Waals surface area contributed by atoms with Gasteiger partial charge in [-0.25, -0.2) is 9.18 Å². The number of nitrogens with zero attached hydrogens (tertiary/aromatic N) is 2. The number of hydrogen-bond donors (Lipinski definition) is 2. The monoisotopic (exact) mass is 249 g/mol. The van der Waals surface area contributed by atoms with Crippen molar-refractivity contribution in [3.8, 4) is 6.07 Å². The van der Waals surface area contributed by atoms with Gasteiger partial charge in [0.05, 0.1) is 5.69 Å². The lowest BCUT2D eigenvalue weighted by Gasteiger charge is -2.35. The molecule has 1 aliphatic heterocycles. The average Bonchev–Trinajstić information content (AvgIpc) is 2.38. The largest absolute Gasteiger partial charge is 0.480 e. The lowest BCUT2D eigenvalue weighted by molar-refractivity contribution is -0.138. The van der Waals surface area contributed by atoms with Crippen molar-refractivity contribution >= 4 is 11.7 Å². The molecule has 1 aliphatic rings. The summed E-state index contributed by atoms with van der Waals surface area (Å²) >= 11 is 0. The van der Waals surface area contributed by atoms with Gasteiger partial charge in [0.1, 0.15) is 23.5 Å². The number of nitriles is 1. The van der Waals surface area contributed by atoms with Crippen LogP contribution in [0.25, 0.3) is 0 Å². The highest BCUT2D eigenvalue weighted by Crippen LogP contribution is 2.25. The van der Waals surface area contributed by atoms with Gasteiger partial charge in [-0.05, 0) is 12.1 Å². The summed E-state index contributed by atoms with van der Waals surface area (Å²) in [7, 11) is 0. The molecule has 1 unspecified atom stereocenters. The topological polar surface area (TPSA) is 76.4 Å². The third-order valence-electron chi connectivity index (χ3n) is 2.94. The Bertz CT molecular complexity index is 513. The van der Waals surface area contributed by atoms with Crippen molar-refractivity contribution in [1.29, 1.82) is 5.26 Å². The minimum absolute atomic E-state index is 0.106. The molecule has 1 fully saturated rings.